The standard InChI is InChI=1S/C7H10F3N3O2/c1-15-6(14)5(11)4-13-12-3-2-7(8,9)10/h4,11-12H,2-3H2,1H3/b11-5?,13-4-. The molecule has 86 valence electrons. The van der Waals surface area contributed by atoms with Crippen LogP contribution in [-0.2, 0) is 9.53 Å². The van der Waals surface area contributed by atoms with Gasteiger partial charge in [-0.25, -0.2) is 4.79 Å². The Hall–Kier alpha value is -1.60. The van der Waals surface area contributed by atoms with Crippen molar-refractivity contribution in [3.63, 3.8) is 0 Å². The third kappa shape index (κ3) is 7.47. The average Bonchev–Trinajstić information content (AvgIpc) is 2.14. The highest BCUT2D eigenvalue weighted by molar-refractivity contribution is 6.58. The molecule has 0 unspecified atom stereocenters. The Bertz CT molecular complexity index is 263. The fourth-order valence-corrected chi connectivity index (χ4v) is 0.535. The minimum absolute atomic E-state index is 0.408. The lowest BCUT2D eigenvalue weighted by Crippen LogP contribution is -2.20. The lowest BCUT2D eigenvalue weighted by atomic mass is 10.4. The van der Waals surface area contributed by atoms with Crippen LogP contribution >= 0.6 is 0 Å². The van der Waals surface area contributed by atoms with Crippen LogP contribution in [0, 0.1) is 5.41 Å². The van der Waals surface area contributed by atoms with E-state index in [4.69, 9.17) is 5.41 Å². The molecule has 5 nitrogen and oxygen atoms in total. The SMILES string of the molecule is COC(=O)C(=N)/C=N\NCCC(F)(F)F. The first-order valence-electron chi connectivity index (χ1n) is 3.86. The summed E-state index contributed by atoms with van der Waals surface area (Å²) in [6, 6.07) is 0. The van der Waals surface area contributed by atoms with Crippen molar-refractivity contribution in [2.24, 2.45) is 5.10 Å². The summed E-state index contributed by atoms with van der Waals surface area (Å²) < 4.78 is 39.0. The Morgan fingerprint density at radius 1 is 1.60 bits per heavy atom. The van der Waals surface area contributed by atoms with Gasteiger partial charge in [0, 0.05) is 6.54 Å². The van der Waals surface area contributed by atoms with Crippen molar-refractivity contribution in [1.82, 2.24) is 5.43 Å². The summed E-state index contributed by atoms with van der Waals surface area (Å²) in [5.74, 6) is -0.906. The van der Waals surface area contributed by atoms with Crippen molar-refractivity contribution in [3.05, 3.63) is 0 Å². The molecule has 0 fully saturated rings. The van der Waals surface area contributed by atoms with Gasteiger partial charge in [-0.1, -0.05) is 0 Å². The van der Waals surface area contributed by atoms with Gasteiger partial charge in [-0.05, 0) is 0 Å². The van der Waals surface area contributed by atoms with Gasteiger partial charge in [0.1, 0.15) is 0 Å². The third-order valence-corrected chi connectivity index (χ3v) is 1.21. The number of hydrogen-bond donors (Lipinski definition) is 2. The summed E-state index contributed by atoms with van der Waals surface area (Å²) in [5.41, 5.74) is 1.51. The van der Waals surface area contributed by atoms with Gasteiger partial charge in [-0.3, -0.25) is 5.41 Å². The lowest BCUT2D eigenvalue weighted by Gasteiger charge is -2.04. The Labute approximate surface area is 83.8 Å². The van der Waals surface area contributed by atoms with E-state index in [-0.39, 0.29) is 0 Å². The molecule has 0 bridgehead atoms. The fraction of sp³-hybridized carbons (Fsp3) is 0.571. The van der Waals surface area contributed by atoms with Crippen molar-refractivity contribution in [1.29, 1.82) is 5.41 Å². The van der Waals surface area contributed by atoms with E-state index in [9.17, 15) is 18.0 Å². The number of nitrogens with zero attached hydrogens (tertiary/aromatic N) is 1. The van der Waals surface area contributed by atoms with E-state index in [1.54, 1.807) is 0 Å². The quantitative estimate of drug-likeness (QED) is 0.313. The Morgan fingerprint density at radius 3 is 2.67 bits per heavy atom. The van der Waals surface area contributed by atoms with E-state index in [2.05, 4.69) is 15.3 Å². The number of rotatable bonds is 5. The van der Waals surface area contributed by atoms with E-state index in [1.165, 1.54) is 0 Å². The minimum atomic E-state index is -4.25. The molecule has 0 aliphatic carbocycles. The van der Waals surface area contributed by atoms with Crippen molar-refractivity contribution < 1.29 is 22.7 Å². The maximum atomic E-state index is 11.6. The lowest BCUT2D eigenvalue weighted by molar-refractivity contribution is -0.134. The highest BCUT2D eigenvalue weighted by Gasteiger charge is 2.25. The molecule has 15 heavy (non-hydrogen) atoms. The third-order valence-electron chi connectivity index (χ3n) is 1.21. The molecule has 0 atom stereocenters. The van der Waals surface area contributed by atoms with Crippen LogP contribution in [0.3, 0.4) is 0 Å². The van der Waals surface area contributed by atoms with E-state index in [1.807, 2.05) is 0 Å². The number of nitrogens with one attached hydrogen (secondary N) is 2. The predicted molar refractivity (Wildman–Crippen MR) is 46.9 cm³/mol. The zero-order valence-corrected chi connectivity index (χ0v) is 7.89. The summed E-state index contributed by atoms with van der Waals surface area (Å²) in [5, 5.41) is 10.2. The van der Waals surface area contributed by atoms with Gasteiger partial charge in [0.2, 0.25) is 0 Å². The Kier molecular flexibility index (Phi) is 5.35. The van der Waals surface area contributed by atoms with Gasteiger partial charge in [0.05, 0.1) is 19.7 Å². The first kappa shape index (κ1) is 13.4. The monoisotopic (exact) mass is 225 g/mol. The van der Waals surface area contributed by atoms with Gasteiger partial charge in [-0.15, -0.1) is 0 Å². The molecule has 0 saturated carbocycles. The summed E-state index contributed by atoms with van der Waals surface area (Å²) in [7, 11) is 1.09. The van der Waals surface area contributed by atoms with Crippen LogP contribution in [0.4, 0.5) is 13.2 Å². The number of halogens is 3. The molecule has 0 radical (unpaired) electrons. The van der Waals surface area contributed by atoms with Crippen LogP contribution < -0.4 is 5.43 Å². The Morgan fingerprint density at radius 2 is 2.20 bits per heavy atom. The molecule has 2 N–H and O–H groups in total. The van der Waals surface area contributed by atoms with Crippen LogP contribution in [0.5, 0.6) is 0 Å². The van der Waals surface area contributed by atoms with Crippen LogP contribution in [0.2, 0.25) is 0 Å². The largest absolute Gasteiger partial charge is 0.464 e. The van der Waals surface area contributed by atoms with Crippen molar-refractivity contribution in [2.75, 3.05) is 13.7 Å². The van der Waals surface area contributed by atoms with Gasteiger partial charge in [0.25, 0.3) is 0 Å². The minimum Gasteiger partial charge on any atom is -0.464 e. The highest BCUT2D eigenvalue weighted by Crippen LogP contribution is 2.17. The number of ether oxygens (including phenoxy) is 1. The van der Waals surface area contributed by atoms with Crippen LogP contribution in [0.1, 0.15) is 6.42 Å². The summed E-state index contributed by atoms with van der Waals surface area (Å²) in [4.78, 5) is 10.6. The molecule has 0 aromatic rings. The molecule has 0 heterocycles. The fourth-order valence-electron chi connectivity index (χ4n) is 0.535. The number of hydrogen-bond acceptors (Lipinski definition) is 5. The van der Waals surface area contributed by atoms with Gasteiger partial charge in [0.15, 0.2) is 5.71 Å². The molecular formula is C7H10F3N3O2. The second-order valence-corrected chi connectivity index (χ2v) is 2.44. The van der Waals surface area contributed by atoms with Gasteiger partial charge in [-0.2, -0.15) is 18.3 Å². The second-order valence-electron chi connectivity index (χ2n) is 2.44. The van der Waals surface area contributed by atoms with E-state index in [0.29, 0.717) is 0 Å². The zero-order chi connectivity index (χ0) is 11.9. The molecular weight excluding hydrogens is 215 g/mol. The van der Waals surface area contributed by atoms with E-state index >= 15 is 0 Å². The number of hydrazone groups is 1. The predicted octanol–water partition coefficient (Wildman–Crippen LogP) is 0.707. The van der Waals surface area contributed by atoms with Crippen LogP contribution in [-0.4, -0.2) is 37.7 Å². The second kappa shape index (κ2) is 5.99. The molecule has 0 aromatic heterocycles. The molecule has 0 rings (SSSR count). The van der Waals surface area contributed by atoms with Crippen molar-refractivity contribution >= 4 is 17.9 Å². The number of alkyl halides is 3. The first-order chi connectivity index (χ1) is 6.87. The van der Waals surface area contributed by atoms with Crippen molar-refractivity contribution in [2.45, 2.75) is 12.6 Å². The normalized spacial score (nSPS) is 11.5. The molecule has 8 heteroatoms. The van der Waals surface area contributed by atoms with Crippen molar-refractivity contribution in [3.8, 4) is 0 Å². The first-order valence-corrected chi connectivity index (χ1v) is 3.86. The maximum absolute atomic E-state index is 11.6. The van der Waals surface area contributed by atoms with Crippen LogP contribution in [0.25, 0.3) is 0 Å². The number of methoxy groups -OCH3 is 1. The van der Waals surface area contributed by atoms with Gasteiger partial charge < -0.3 is 10.2 Å². The Balaban J connectivity index is 3.73. The molecule has 0 saturated heterocycles. The highest BCUT2D eigenvalue weighted by atomic mass is 19.4. The molecule has 0 spiro atoms. The van der Waals surface area contributed by atoms with E-state index in [0.717, 1.165) is 13.3 Å². The molecule has 0 aromatic carbocycles. The average molecular weight is 225 g/mol. The number of esters is 1. The van der Waals surface area contributed by atoms with E-state index < -0.39 is 30.8 Å². The summed E-state index contributed by atoms with van der Waals surface area (Å²) >= 11 is 0. The van der Waals surface area contributed by atoms with Crippen LogP contribution in [0.15, 0.2) is 5.10 Å². The number of carbonyl (C=O) groups is 1. The van der Waals surface area contributed by atoms with Gasteiger partial charge >= 0.3 is 12.1 Å². The topological polar surface area (TPSA) is 74.5 Å². The summed E-state index contributed by atoms with van der Waals surface area (Å²) in [6.45, 7) is -0.408. The number of carbonyl (C=O) groups excluding carboxylic acids is 1. The smallest absolute Gasteiger partial charge is 0.390 e. The maximum Gasteiger partial charge on any atom is 0.390 e. The zero-order valence-electron chi connectivity index (χ0n) is 7.89. The molecule has 0 amide bonds. The summed E-state index contributed by atoms with van der Waals surface area (Å²) in [6.07, 6.45) is -4.50. The molecule has 0 aliphatic heterocycles. The molecule has 0 aliphatic rings.